The molecule has 0 spiro atoms. The molecule has 0 aliphatic heterocycles. The van der Waals surface area contributed by atoms with E-state index in [-0.39, 0.29) is 11.6 Å². The highest BCUT2D eigenvalue weighted by Gasteiger charge is 2.10. The van der Waals surface area contributed by atoms with Gasteiger partial charge >= 0.3 is 0 Å². The number of nitrogens with one attached hydrogen (secondary N) is 1. The van der Waals surface area contributed by atoms with Crippen molar-refractivity contribution in [1.29, 1.82) is 0 Å². The SMILES string of the molecule is Cc1cc([N+](=O)[O-])ccc1NC(=O)CCCOc1ccc(C(C)C)c(C)c1. The molecule has 0 aromatic heterocycles. The number of anilines is 1. The van der Waals surface area contributed by atoms with E-state index in [9.17, 15) is 14.9 Å². The van der Waals surface area contributed by atoms with Crippen molar-refractivity contribution in [2.45, 2.75) is 46.5 Å². The van der Waals surface area contributed by atoms with Crippen molar-refractivity contribution in [1.82, 2.24) is 0 Å². The van der Waals surface area contributed by atoms with Gasteiger partial charge in [-0.25, -0.2) is 0 Å². The average Bonchev–Trinajstić information content (AvgIpc) is 2.60. The minimum absolute atomic E-state index is 0.0117. The van der Waals surface area contributed by atoms with Crippen molar-refractivity contribution in [2.24, 2.45) is 0 Å². The van der Waals surface area contributed by atoms with Crippen LogP contribution >= 0.6 is 0 Å². The molecule has 1 N–H and O–H groups in total. The molecule has 0 aliphatic rings. The molecule has 6 heteroatoms. The Hall–Kier alpha value is -2.89. The van der Waals surface area contributed by atoms with Crippen LogP contribution in [0.5, 0.6) is 5.75 Å². The van der Waals surface area contributed by atoms with Gasteiger partial charge in [0.05, 0.1) is 11.5 Å². The zero-order valence-corrected chi connectivity index (χ0v) is 16.2. The number of ether oxygens (including phenoxy) is 1. The summed E-state index contributed by atoms with van der Waals surface area (Å²) in [5.41, 5.74) is 3.77. The number of hydrogen-bond acceptors (Lipinski definition) is 4. The quantitative estimate of drug-likeness (QED) is 0.397. The lowest BCUT2D eigenvalue weighted by Crippen LogP contribution is -2.13. The van der Waals surface area contributed by atoms with Crippen LogP contribution in [0.4, 0.5) is 11.4 Å². The minimum Gasteiger partial charge on any atom is -0.494 e. The van der Waals surface area contributed by atoms with Crippen LogP contribution in [-0.4, -0.2) is 17.4 Å². The highest BCUT2D eigenvalue weighted by Crippen LogP contribution is 2.24. The average molecular weight is 370 g/mol. The summed E-state index contributed by atoms with van der Waals surface area (Å²) in [4.78, 5) is 22.4. The molecule has 27 heavy (non-hydrogen) atoms. The van der Waals surface area contributed by atoms with Gasteiger partial charge in [0.1, 0.15) is 5.75 Å². The number of rotatable bonds is 8. The van der Waals surface area contributed by atoms with Crippen molar-refractivity contribution in [3.05, 3.63) is 63.2 Å². The summed E-state index contributed by atoms with van der Waals surface area (Å²) in [6.45, 7) is 8.58. The smallest absolute Gasteiger partial charge is 0.269 e. The van der Waals surface area contributed by atoms with Crippen LogP contribution in [0.15, 0.2) is 36.4 Å². The maximum absolute atomic E-state index is 12.1. The molecule has 0 saturated heterocycles. The van der Waals surface area contributed by atoms with Crippen LogP contribution in [0.3, 0.4) is 0 Å². The summed E-state index contributed by atoms with van der Waals surface area (Å²) in [7, 11) is 0. The van der Waals surface area contributed by atoms with E-state index < -0.39 is 4.92 Å². The van der Waals surface area contributed by atoms with Crippen LogP contribution in [0.2, 0.25) is 0 Å². The third-order valence-electron chi connectivity index (χ3n) is 4.38. The summed E-state index contributed by atoms with van der Waals surface area (Å²) in [5, 5.41) is 13.5. The first-order valence-electron chi connectivity index (χ1n) is 9.06. The molecule has 144 valence electrons. The Morgan fingerprint density at radius 3 is 2.48 bits per heavy atom. The molecule has 2 aromatic rings. The van der Waals surface area contributed by atoms with Crippen LogP contribution in [0.1, 0.15) is 49.3 Å². The van der Waals surface area contributed by atoms with Gasteiger partial charge in [-0.2, -0.15) is 0 Å². The van der Waals surface area contributed by atoms with Crippen LogP contribution < -0.4 is 10.1 Å². The second kappa shape index (κ2) is 9.16. The van der Waals surface area contributed by atoms with Gasteiger partial charge in [-0.15, -0.1) is 0 Å². The van der Waals surface area contributed by atoms with E-state index in [1.807, 2.05) is 12.1 Å². The van der Waals surface area contributed by atoms with Crippen molar-refractivity contribution in [3.8, 4) is 5.75 Å². The number of aryl methyl sites for hydroxylation is 2. The number of non-ortho nitro benzene ring substituents is 1. The van der Waals surface area contributed by atoms with Gasteiger partial charge in [0.2, 0.25) is 5.91 Å². The van der Waals surface area contributed by atoms with Crippen molar-refractivity contribution >= 4 is 17.3 Å². The highest BCUT2D eigenvalue weighted by molar-refractivity contribution is 5.91. The number of benzene rings is 2. The van der Waals surface area contributed by atoms with E-state index in [1.54, 1.807) is 13.0 Å². The Balaban J connectivity index is 1.80. The third-order valence-corrected chi connectivity index (χ3v) is 4.38. The molecule has 2 aromatic carbocycles. The number of amides is 1. The number of nitrogens with zero attached hydrogens (tertiary/aromatic N) is 1. The van der Waals surface area contributed by atoms with Gasteiger partial charge < -0.3 is 10.1 Å². The van der Waals surface area contributed by atoms with E-state index >= 15 is 0 Å². The van der Waals surface area contributed by atoms with Crippen molar-refractivity contribution in [3.63, 3.8) is 0 Å². The van der Waals surface area contributed by atoms with Gasteiger partial charge in [0.25, 0.3) is 5.69 Å². The molecule has 0 saturated carbocycles. The van der Waals surface area contributed by atoms with Crippen molar-refractivity contribution in [2.75, 3.05) is 11.9 Å². The number of nitro groups is 1. The van der Waals surface area contributed by atoms with E-state index in [1.165, 1.54) is 23.3 Å². The molecule has 0 aliphatic carbocycles. The topological polar surface area (TPSA) is 81.5 Å². The first-order chi connectivity index (χ1) is 12.8. The Morgan fingerprint density at radius 1 is 1.15 bits per heavy atom. The van der Waals surface area contributed by atoms with E-state index in [2.05, 4.69) is 32.2 Å². The normalized spacial score (nSPS) is 10.7. The lowest BCUT2D eigenvalue weighted by Gasteiger charge is -2.12. The maximum atomic E-state index is 12.1. The van der Waals surface area contributed by atoms with E-state index in [4.69, 9.17) is 4.74 Å². The Labute approximate surface area is 159 Å². The fourth-order valence-electron chi connectivity index (χ4n) is 2.92. The molecule has 6 nitrogen and oxygen atoms in total. The standard InChI is InChI=1S/C21H26N2O4/c1-14(2)19-9-8-18(13-15(19)3)27-11-5-6-21(24)22-20-10-7-17(23(25)26)12-16(20)4/h7-10,12-14H,5-6,11H2,1-4H3,(H,22,24). The Bertz CT molecular complexity index is 831. The zero-order valence-electron chi connectivity index (χ0n) is 16.2. The van der Waals surface area contributed by atoms with Gasteiger partial charge in [0, 0.05) is 24.2 Å². The highest BCUT2D eigenvalue weighted by atomic mass is 16.6. The second-order valence-electron chi connectivity index (χ2n) is 6.93. The molecular formula is C21H26N2O4. The summed E-state index contributed by atoms with van der Waals surface area (Å²) in [6.07, 6.45) is 0.905. The molecule has 1 amide bonds. The Morgan fingerprint density at radius 2 is 1.89 bits per heavy atom. The molecule has 0 bridgehead atoms. The summed E-state index contributed by atoms with van der Waals surface area (Å²) in [6, 6.07) is 10.5. The fraction of sp³-hybridized carbons (Fsp3) is 0.381. The lowest BCUT2D eigenvalue weighted by atomic mass is 9.98. The molecule has 0 radical (unpaired) electrons. The predicted octanol–water partition coefficient (Wildman–Crippen LogP) is 5.13. The summed E-state index contributed by atoms with van der Waals surface area (Å²) >= 11 is 0. The molecule has 2 rings (SSSR count). The molecule has 0 unspecified atom stereocenters. The Kier molecular flexibility index (Phi) is 6.93. The lowest BCUT2D eigenvalue weighted by molar-refractivity contribution is -0.384. The summed E-state index contributed by atoms with van der Waals surface area (Å²) in [5.74, 6) is 1.15. The van der Waals surface area contributed by atoms with Gasteiger partial charge in [-0.1, -0.05) is 19.9 Å². The van der Waals surface area contributed by atoms with Crippen LogP contribution in [0, 0.1) is 24.0 Å². The van der Waals surface area contributed by atoms with Gasteiger partial charge in [-0.05, 0) is 61.1 Å². The zero-order chi connectivity index (χ0) is 20.0. The van der Waals surface area contributed by atoms with E-state index in [0.29, 0.717) is 36.6 Å². The van der Waals surface area contributed by atoms with Crippen LogP contribution in [0.25, 0.3) is 0 Å². The van der Waals surface area contributed by atoms with Crippen LogP contribution in [-0.2, 0) is 4.79 Å². The number of nitro benzene ring substituents is 1. The molecular weight excluding hydrogens is 344 g/mol. The third kappa shape index (κ3) is 5.81. The summed E-state index contributed by atoms with van der Waals surface area (Å²) < 4.78 is 5.73. The number of carbonyl (C=O) groups excluding carboxylic acids is 1. The largest absolute Gasteiger partial charge is 0.494 e. The second-order valence-corrected chi connectivity index (χ2v) is 6.93. The predicted molar refractivity (Wildman–Crippen MR) is 106 cm³/mol. The monoisotopic (exact) mass is 370 g/mol. The van der Waals surface area contributed by atoms with Gasteiger partial charge in [0.15, 0.2) is 0 Å². The number of carbonyl (C=O) groups is 1. The molecule has 0 fully saturated rings. The van der Waals surface area contributed by atoms with Crippen molar-refractivity contribution < 1.29 is 14.5 Å². The minimum atomic E-state index is -0.453. The first-order valence-corrected chi connectivity index (χ1v) is 9.06. The number of hydrogen-bond donors (Lipinski definition) is 1. The molecule has 0 heterocycles. The fourth-order valence-corrected chi connectivity index (χ4v) is 2.92. The first kappa shape index (κ1) is 20.4. The maximum Gasteiger partial charge on any atom is 0.269 e. The van der Waals surface area contributed by atoms with E-state index in [0.717, 1.165) is 5.75 Å². The van der Waals surface area contributed by atoms with Gasteiger partial charge in [-0.3, -0.25) is 14.9 Å². The molecule has 0 atom stereocenters.